The van der Waals surface area contributed by atoms with Gasteiger partial charge in [0.25, 0.3) is 0 Å². The molecule has 190 valence electrons. The number of aromatic nitrogens is 1. The van der Waals surface area contributed by atoms with E-state index in [9.17, 15) is 5.11 Å². The van der Waals surface area contributed by atoms with Crippen LogP contribution >= 0.6 is 12.6 Å². The normalized spacial score (nSPS) is 24.8. The molecule has 36 heavy (non-hydrogen) atoms. The van der Waals surface area contributed by atoms with Crippen LogP contribution in [0.5, 0.6) is 0 Å². The maximum absolute atomic E-state index is 10.1. The zero-order valence-electron chi connectivity index (χ0n) is 21.2. The highest BCUT2D eigenvalue weighted by atomic mass is 32.1. The first-order valence-electron chi connectivity index (χ1n) is 13.1. The zero-order chi connectivity index (χ0) is 25.2. The van der Waals surface area contributed by atoms with Crippen molar-refractivity contribution >= 4 is 41.2 Å². The second kappa shape index (κ2) is 10.8. The molecule has 2 aromatic rings. The summed E-state index contributed by atoms with van der Waals surface area (Å²) in [5.74, 6) is 0.920. The highest BCUT2D eigenvalue weighted by Gasteiger charge is 2.26. The predicted molar refractivity (Wildman–Crippen MR) is 154 cm³/mol. The lowest BCUT2D eigenvalue weighted by Gasteiger charge is -2.32. The Hall–Kier alpha value is -2.61. The van der Waals surface area contributed by atoms with Crippen LogP contribution in [-0.2, 0) is 0 Å². The van der Waals surface area contributed by atoms with Crippen LogP contribution in [0.25, 0.3) is 16.5 Å². The molecule has 1 unspecified atom stereocenters. The number of benzene rings is 1. The van der Waals surface area contributed by atoms with Crippen LogP contribution in [0.2, 0.25) is 0 Å². The largest absolute Gasteiger partial charge is 0.401 e. The summed E-state index contributed by atoms with van der Waals surface area (Å²) in [4.78, 5) is 15.1. The molecule has 4 N–H and O–H groups in total. The van der Waals surface area contributed by atoms with Crippen molar-refractivity contribution in [3.8, 4) is 0 Å². The molecule has 0 radical (unpaired) electrons. The number of nitrogens with two attached hydrogens (primary N) is 1. The lowest BCUT2D eigenvalue weighted by Crippen LogP contribution is -2.35. The molecule has 5 rings (SSSR count). The number of likely N-dealkylation sites (tertiary alicyclic amines) is 1. The first-order valence-corrected chi connectivity index (χ1v) is 13.6. The molecule has 1 saturated heterocycles. The Morgan fingerprint density at radius 1 is 1.28 bits per heavy atom. The van der Waals surface area contributed by atoms with Crippen molar-refractivity contribution in [1.29, 1.82) is 0 Å². The quantitative estimate of drug-likeness (QED) is 0.411. The van der Waals surface area contributed by atoms with E-state index in [1.54, 1.807) is 11.7 Å². The standard InChI is InChI=1S/C29H37N5OS/c1-18(2)27-24-13-20(19-8-10-34(11-9-19)14-23(30)16-36)6-7-25(24)33-29(27)21-4-3-5-26-28(32-17-31-26)22(12-21)15-35/h4,6-7,12-13,16-19,26,33,35-36H,3,5,8-11,14-15,30H2,1-2H3/b21-4+,22-12-,23-16-. The van der Waals surface area contributed by atoms with E-state index in [1.165, 1.54) is 22.0 Å². The van der Waals surface area contributed by atoms with Gasteiger partial charge in [0, 0.05) is 34.4 Å². The molecule has 1 atom stereocenters. The van der Waals surface area contributed by atoms with Gasteiger partial charge in [0.05, 0.1) is 18.4 Å². The second-order valence-electron chi connectivity index (χ2n) is 10.5. The molecule has 1 aliphatic carbocycles. The molecule has 2 aliphatic heterocycles. The van der Waals surface area contributed by atoms with Crippen molar-refractivity contribution in [3.63, 3.8) is 0 Å². The number of aliphatic hydroxyl groups excluding tert-OH is 1. The van der Waals surface area contributed by atoms with Gasteiger partial charge in [0.1, 0.15) is 6.34 Å². The molecule has 1 aromatic carbocycles. The zero-order valence-corrected chi connectivity index (χ0v) is 22.1. The Morgan fingerprint density at radius 2 is 2.08 bits per heavy atom. The van der Waals surface area contributed by atoms with Crippen LogP contribution in [0.1, 0.15) is 68.2 Å². The maximum Gasteiger partial charge on any atom is 0.111 e. The SMILES string of the molecule is CC(C)c1c(C2=C/CCC3N=CN=C3/C(CO)=C\2)[nH]c2ccc(C3CCN(C/C(N)=C/S)CC3)cc12. The number of nitrogens with zero attached hydrogens (tertiary/aromatic N) is 3. The van der Waals surface area contributed by atoms with E-state index in [2.05, 4.69) is 76.7 Å². The molecule has 3 heterocycles. The highest BCUT2D eigenvalue weighted by molar-refractivity contribution is 7.83. The van der Waals surface area contributed by atoms with E-state index in [4.69, 9.17) is 5.73 Å². The Labute approximate surface area is 219 Å². The van der Waals surface area contributed by atoms with E-state index >= 15 is 0 Å². The number of allylic oxidation sites excluding steroid dienone is 3. The highest BCUT2D eigenvalue weighted by Crippen LogP contribution is 2.38. The van der Waals surface area contributed by atoms with Crippen LogP contribution in [0, 0.1) is 0 Å². The van der Waals surface area contributed by atoms with Crippen LogP contribution in [0.3, 0.4) is 0 Å². The van der Waals surface area contributed by atoms with Gasteiger partial charge in [-0.2, -0.15) is 0 Å². The molecule has 0 amide bonds. The Bertz CT molecular complexity index is 1270. The van der Waals surface area contributed by atoms with Gasteiger partial charge in [-0.15, -0.1) is 12.6 Å². The van der Waals surface area contributed by atoms with Gasteiger partial charge in [-0.25, -0.2) is 4.99 Å². The maximum atomic E-state index is 10.1. The number of H-pyrrole nitrogens is 1. The van der Waals surface area contributed by atoms with Crippen molar-refractivity contribution < 1.29 is 5.11 Å². The van der Waals surface area contributed by atoms with E-state index in [-0.39, 0.29) is 12.6 Å². The molecule has 1 aromatic heterocycles. The monoisotopic (exact) mass is 503 g/mol. The summed E-state index contributed by atoms with van der Waals surface area (Å²) in [6.07, 6.45) is 10.1. The predicted octanol–water partition coefficient (Wildman–Crippen LogP) is 5.15. The lowest BCUT2D eigenvalue weighted by atomic mass is 9.87. The molecule has 3 aliphatic rings. The summed E-state index contributed by atoms with van der Waals surface area (Å²) >= 11 is 4.18. The minimum atomic E-state index is -0.0362. The first kappa shape index (κ1) is 25.1. The number of aliphatic imine (C=N–C) groups is 2. The Kier molecular flexibility index (Phi) is 7.51. The van der Waals surface area contributed by atoms with E-state index in [0.717, 1.165) is 73.6 Å². The van der Waals surface area contributed by atoms with E-state index in [0.29, 0.717) is 11.8 Å². The van der Waals surface area contributed by atoms with Gasteiger partial charge in [-0.3, -0.25) is 9.89 Å². The third-order valence-corrected chi connectivity index (χ3v) is 8.08. The van der Waals surface area contributed by atoms with Gasteiger partial charge in [-0.05, 0) is 90.9 Å². The summed E-state index contributed by atoms with van der Waals surface area (Å²) in [5, 5.41) is 13.2. The minimum absolute atomic E-state index is 0.0362. The van der Waals surface area contributed by atoms with Crippen molar-refractivity contribution in [2.75, 3.05) is 26.2 Å². The molecule has 1 fully saturated rings. The van der Waals surface area contributed by atoms with Gasteiger partial charge in [0.15, 0.2) is 0 Å². The fourth-order valence-electron chi connectivity index (χ4n) is 5.89. The number of hydrogen-bond donors (Lipinski definition) is 4. The minimum Gasteiger partial charge on any atom is -0.401 e. The van der Waals surface area contributed by atoms with Gasteiger partial charge >= 0.3 is 0 Å². The van der Waals surface area contributed by atoms with Crippen LogP contribution in [0.15, 0.2) is 57.0 Å². The Balaban J connectivity index is 1.46. The summed E-state index contributed by atoms with van der Waals surface area (Å²) < 4.78 is 0. The molecule has 0 saturated carbocycles. The average molecular weight is 504 g/mol. The number of rotatable bonds is 6. The summed E-state index contributed by atoms with van der Waals surface area (Å²) in [6, 6.07) is 7.02. The second-order valence-corrected chi connectivity index (χ2v) is 10.7. The van der Waals surface area contributed by atoms with Crippen LogP contribution < -0.4 is 5.73 Å². The summed E-state index contributed by atoms with van der Waals surface area (Å²) in [5.41, 5.74) is 14.8. The summed E-state index contributed by atoms with van der Waals surface area (Å²) in [6.45, 7) is 7.40. The fraction of sp³-hybridized carbons (Fsp3) is 0.448. The number of piperidine rings is 1. The molecular formula is C29H37N5OS. The van der Waals surface area contributed by atoms with E-state index < -0.39 is 0 Å². The number of nitrogens with one attached hydrogen (secondary N) is 1. The van der Waals surface area contributed by atoms with Crippen molar-refractivity contribution in [1.82, 2.24) is 9.88 Å². The molecule has 0 bridgehead atoms. The molecule has 7 heteroatoms. The molecular weight excluding hydrogens is 466 g/mol. The van der Waals surface area contributed by atoms with Gasteiger partial charge < -0.3 is 15.8 Å². The van der Waals surface area contributed by atoms with Gasteiger partial charge in [-0.1, -0.05) is 26.0 Å². The topological polar surface area (TPSA) is 90.0 Å². The Morgan fingerprint density at radius 3 is 2.81 bits per heavy atom. The van der Waals surface area contributed by atoms with Crippen LogP contribution in [-0.4, -0.2) is 59.3 Å². The third-order valence-electron chi connectivity index (χ3n) is 7.75. The van der Waals surface area contributed by atoms with Crippen LogP contribution in [0.4, 0.5) is 0 Å². The lowest BCUT2D eigenvalue weighted by molar-refractivity contribution is 0.228. The molecule has 0 spiro atoms. The third kappa shape index (κ3) is 4.97. The van der Waals surface area contributed by atoms with Gasteiger partial charge in [0.2, 0.25) is 0 Å². The van der Waals surface area contributed by atoms with Crippen molar-refractivity contribution in [2.45, 2.75) is 57.4 Å². The average Bonchev–Trinajstić information content (AvgIpc) is 3.49. The fourth-order valence-corrected chi connectivity index (χ4v) is 5.98. The number of fused-ring (bicyclic) bond motifs is 2. The van der Waals surface area contributed by atoms with E-state index in [1.807, 2.05) is 0 Å². The first-order chi connectivity index (χ1) is 17.5. The van der Waals surface area contributed by atoms with Crippen molar-refractivity contribution in [2.24, 2.45) is 15.7 Å². The van der Waals surface area contributed by atoms with Crippen molar-refractivity contribution in [3.05, 3.63) is 63.9 Å². The number of aliphatic hydroxyl groups is 1. The molecule has 6 nitrogen and oxygen atoms in total. The summed E-state index contributed by atoms with van der Waals surface area (Å²) in [7, 11) is 0. The number of aromatic amines is 1. The smallest absolute Gasteiger partial charge is 0.111 e. The number of hydrogen-bond acceptors (Lipinski definition) is 6. The number of thiol groups is 1.